The van der Waals surface area contributed by atoms with Crippen molar-refractivity contribution in [2.24, 2.45) is 5.73 Å². The Balaban J connectivity index is 1.85. The topological polar surface area (TPSA) is 64.3 Å². The summed E-state index contributed by atoms with van der Waals surface area (Å²) < 4.78 is 5.81. The van der Waals surface area contributed by atoms with Crippen molar-refractivity contribution in [3.8, 4) is 5.75 Å². The number of hydrogen-bond acceptors (Lipinski definition) is 3. The molecule has 3 N–H and O–H groups in total. The lowest BCUT2D eigenvalue weighted by Gasteiger charge is -2.28. The molecular weight excluding hydrogens is 276 g/mol. The second-order valence-corrected chi connectivity index (χ2v) is 6.54. The quantitative estimate of drug-likeness (QED) is 0.849. The van der Waals surface area contributed by atoms with E-state index in [0.717, 1.165) is 37.0 Å². The molecule has 0 bridgehead atoms. The fourth-order valence-electron chi connectivity index (χ4n) is 3.19. The van der Waals surface area contributed by atoms with Crippen molar-refractivity contribution < 1.29 is 9.53 Å². The second kappa shape index (κ2) is 7.14. The van der Waals surface area contributed by atoms with E-state index < -0.39 is 0 Å². The number of amides is 1. The highest BCUT2D eigenvalue weighted by Gasteiger charge is 2.33. The van der Waals surface area contributed by atoms with Crippen LogP contribution in [0.5, 0.6) is 5.75 Å². The summed E-state index contributed by atoms with van der Waals surface area (Å²) in [6.45, 7) is 7.10. The van der Waals surface area contributed by atoms with E-state index in [-0.39, 0.29) is 11.4 Å². The van der Waals surface area contributed by atoms with Crippen molar-refractivity contribution in [1.82, 2.24) is 5.32 Å². The van der Waals surface area contributed by atoms with E-state index >= 15 is 0 Å². The van der Waals surface area contributed by atoms with Gasteiger partial charge in [0.1, 0.15) is 5.75 Å². The molecule has 1 fully saturated rings. The van der Waals surface area contributed by atoms with Crippen LogP contribution in [0.2, 0.25) is 0 Å². The maximum absolute atomic E-state index is 12.1. The van der Waals surface area contributed by atoms with Gasteiger partial charge in [-0.2, -0.15) is 0 Å². The third-order valence-corrected chi connectivity index (χ3v) is 4.71. The maximum Gasteiger partial charge on any atom is 0.223 e. The summed E-state index contributed by atoms with van der Waals surface area (Å²) in [5.74, 6) is 0.911. The van der Waals surface area contributed by atoms with Crippen molar-refractivity contribution >= 4 is 5.91 Å². The highest BCUT2D eigenvalue weighted by molar-refractivity contribution is 5.77. The van der Waals surface area contributed by atoms with Crippen molar-refractivity contribution in [3.63, 3.8) is 0 Å². The Kier molecular flexibility index (Phi) is 5.46. The fraction of sp³-hybridized carbons (Fsp3) is 0.611. The van der Waals surface area contributed by atoms with Crippen molar-refractivity contribution in [2.75, 3.05) is 13.2 Å². The van der Waals surface area contributed by atoms with E-state index in [9.17, 15) is 4.79 Å². The Labute approximate surface area is 133 Å². The van der Waals surface area contributed by atoms with Crippen molar-refractivity contribution in [3.05, 3.63) is 28.8 Å². The first kappa shape index (κ1) is 16.8. The monoisotopic (exact) mass is 304 g/mol. The largest absolute Gasteiger partial charge is 0.493 e. The van der Waals surface area contributed by atoms with Gasteiger partial charge in [-0.05, 0) is 56.4 Å². The molecule has 1 saturated carbocycles. The van der Waals surface area contributed by atoms with Crippen molar-refractivity contribution in [2.45, 2.75) is 58.4 Å². The number of nitrogens with two attached hydrogens (primary N) is 1. The Morgan fingerprint density at radius 1 is 1.27 bits per heavy atom. The average Bonchev–Trinajstić information content (AvgIpc) is 2.93. The zero-order valence-electron chi connectivity index (χ0n) is 14.0. The lowest BCUT2D eigenvalue weighted by Crippen LogP contribution is -2.51. The first-order chi connectivity index (χ1) is 10.5. The van der Waals surface area contributed by atoms with E-state index in [0.29, 0.717) is 19.6 Å². The number of aryl methyl sites for hydroxylation is 2. The number of carbonyl (C=O) groups is 1. The van der Waals surface area contributed by atoms with Crippen LogP contribution < -0.4 is 15.8 Å². The minimum atomic E-state index is -0.174. The molecule has 1 aromatic rings. The smallest absolute Gasteiger partial charge is 0.223 e. The third-order valence-electron chi connectivity index (χ3n) is 4.71. The molecule has 0 saturated heterocycles. The van der Waals surface area contributed by atoms with E-state index in [4.69, 9.17) is 10.5 Å². The zero-order valence-corrected chi connectivity index (χ0v) is 14.0. The van der Waals surface area contributed by atoms with Gasteiger partial charge in [-0.3, -0.25) is 4.79 Å². The van der Waals surface area contributed by atoms with Gasteiger partial charge in [-0.15, -0.1) is 0 Å². The Hall–Kier alpha value is -1.55. The summed E-state index contributed by atoms with van der Waals surface area (Å²) in [4.78, 5) is 12.1. The molecule has 1 aromatic carbocycles. The van der Waals surface area contributed by atoms with Crippen LogP contribution in [0.3, 0.4) is 0 Å². The number of nitrogens with one attached hydrogen (secondary N) is 1. The molecular formula is C18H28N2O2. The van der Waals surface area contributed by atoms with Crippen LogP contribution in [0.15, 0.2) is 12.1 Å². The van der Waals surface area contributed by atoms with Crippen molar-refractivity contribution in [1.29, 1.82) is 0 Å². The Bertz CT molecular complexity index is 534. The third kappa shape index (κ3) is 4.01. The van der Waals surface area contributed by atoms with Gasteiger partial charge in [-0.1, -0.05) is 18.9 Å². The van der Waals surface area contributed by atoms with Gasteiger partial charge in [-0.25, -0.2) is 0 Å². The first-order valence-electron chi connectivity index (χ1n) is 8.17. The molecule has 22 heavy (non-hydrogen) atoms. The summed E-state index contributed by atoms with van der Waals surface area (Å²) in [6, 6.07) is 4.17. The molecule has 4 nitrogen and oxygen atoms in total. The molecule has 1 aliphatic rings. The van der Waals surface area contributed by atoms with Crippen LogP contribution in [-0.4, -0.2) is 24.6 Å². The van der Waals surface area contributed by atoms with Gasteiger partial charge in [0.05, 0.1) is 18.6 Å². The van der Waals surface area contributed by atoms with Gasteiger partial charge in [0, 0.05) is 6.54 Å². The molecule has 0 heterocycles. The zero-order chi connectivity index (χ0) is 16.2. The predicted molar refractivity (Wildman–Crippen MR) is 89.2 cm³/mol. The average molecular weight is 304 g/mol. The van der Waals surface area contributed by atoms with Gasteiger partial charge in [0.15, 0.2) is 0 Å². The van der Waals surface area contributed by atoms with Crippen LogP contribution in [0.4, 0.5) is 0 Å². The summed E-state index contributed by atoms with van der Waals surface area (Å²) in [7, 11) is 0. The highest BCUT2D eigenvalue weighted by Crippen LogP contribution is 2.28. The van der Waals surface area contributed by atoms with Gasteiger partial charge < -0.3 is 15.8 Å². The maximum atomic E-state index is 12.1. The first-order valence-corrected chi connectivity index (χ1v) is 8.17. The van der Waals surface area contributed by atoms with Gasteiger partial charge >= 0.3 is 0 Å². The van der Waals surface area contributed by atoms with E-state index in [1.165, 1.54) is 11.1 Å². The second-order valence-electron chi connectivity index (χ2n) is 6.54. The number of ether oxygens (including phenoxy) is 1. The summed E-state index contributed by atoms with van der Waals surface area (Å²) in [5, 5.41) is 3.12. The Morgan fingerprint density at radius 3 is 2.59 bits per heavy atom. The Morgan fingerprint density at radius 2 is 1.95 bits per heavy atom. The van der Waals surface area contributed by atoms with Crippen LogP contribution in [-0.2, 0) is 4.79 Å². The SMILES string of the molecule is Cc1cc(C)c(C)c(OCCC(=O)NC2(CN)CCCC2)c1. The molecule has 1 aliphatic carbocycles. The minimum Gasteiger partial charge on any atom is -0.493 e. The van der Waals surface area contributed by atoms with E-state index in [1.54, 1.807) is 0 Å². The molecule has 2 rings (SSSR count). The molecule has 0 aliphatic heterocycles. The molecule has 0 aromatic heterocycles. The summed E-state index contributed by atoms with van der Waals surface area (Å²) in [5.41, 5.74) is 9.20. The van der Waals surface area contributed by atoms with Crippen LogP contribution in [0.25, 0.3) is 0 Å². The summed E-state index contributed by atoms with van der Waals surface area (Å²) in [6.07, 6.45) is 4.65. The number of hydrogen-bond donors (Lipinski definition) is 2. The number of carbonyl (C=O) groups excluding carboxylic acids is 1. The summed E-state index contributed by atoms with van der Waals surface area (Å²) >= 11 is 0. The van der Waals surface area contributed by atoms with Crippen LogP contribution >= 0.6 is 0 Å². The lowest BCUT2D eigenvalue weighted by atomic mass is 9.97. The fourth-order valence-corrected chi connectivity index (χ4v) is 3.19. The molecule has 122 valence electrons. The minimum absolute atomic E-state index is 0.0365. The molecule has 0 atom stereocenters. The molecule has 0 unspecified atom stereocenters. The van der Waals surface area contributed by atoms with Gasteiger partial charge in [0.25, 0.3) is 0 Å². The molecule has 0 spiro atoms. The normalized spacial score (nSPS) is 16.5. The number of rotatable bonds is 6. The van der Waals surface area contributed by atoms with Crippen LogP contribution in [0.1, 0.15) is 48.8 Å². The van der Waals surface area contributed by atoms with E-state index in [1.807, 2.05) is 13.0 Å². The molecule has 4 heteroatoms. The van der Waals surface area contributed by atoms with Gasteiger partial charge in [0.2, 0.25) is 5.91 Å². The lowest BCUT2D eigenvalue weighted by molar-refractivity contribution is -0.123. The number of benzene rings is 1. The molecule has 0 radical (unpaired) electrons. The van der Waals surface area contributed by atoms with E-state index in [2.05, 4.69) is 25.2 Å². The standard InChI is InChI=1S/C18H28N2O2/c1-13-10-14(2)15(3)16(11-13)22-9-6-17(21)20-18(12-19)7-4-5-8-18/h10-11H,4-9,12,19H2,1-3H3,(H,20,21). The molecule has 1 amide bonds. The van der Waals surface area contributed by atoms with Crippen LogP contribution in [0, 0.1) is 20.8 Å². The predicted octanol–water partition coefficient (Wildman–Crippen LogP) is 2.77. The highest BCUT2D eigenvalue weighted by atomic mass is 16.5.